The lowest BCUT2D eigenvalue weighted by Gasteiger charge is -2.25. The predicted octanol–water partition coefficient (Wildman–Crippen LogP) is 4.09. The molecule has 118 valence electrons. The Morgan fingerprint density at radius 3 is 2.48 bits per heavy atom. The van der Waals surface area contributed by atoms with Gasteiger partial charge in [0.05, 0.1) is 6.10 Å². The topological polar surface area (TPSA) is 21.3 Å². The Labute approximate surface area is 130 Å². The summed E-state index contributed by atoms with van der Waals surface area (Å²) in [5.41, 5.74) is 5.75. The maximum atomic E-state index is 5.86. The maximum Gasteiger partial charge on any atom is 0.0575 e. The van der Waals surface area contributed by atoms with Crippen molar-refractivity contribution < 1.29 is 4.74 Å². The van der Waals surface area contributed by atoms with Gasteiger partial charge in [0.2, 0.25) is 0 Å². The van der Waals surface area contributed by atoms with E-state index in [2.05, 4.69) is 45.3 Å². The van der Waals surface area contributed by atoms with E-state index in [0.717, 1.165) is 13.0 Å². The second-order valence-corrected chi connectivity index (χ2v) is 6.63. The summed E-state index contributed by atoms with van der Waals surface area (Å²) in [6.07, 6.45) is 7.84. The zero-order valence-electron chi connectivity index (χ0n) is 14.2. The molecule has 1 aromatic carbocycles. The average Bonchev–Trinajstić information content (AvgIpc) is 2.47. The third kappa shape index (κ3) is 4.82. The summed E-state index contributed by atoms with van der Waals surface area (Å²) in [7, 11) is 2.09. The molecule has 0 bridgehead atoms. The predicted molar refractivity (Wildman–Crippen MR) is 90.0 cm³/mol. The zero-order chi connectivity index (χ0) is 15.2. The van der Waals surface area contributed by atoms with E-state index in [0.29, 0.717) is 12.1 Å². The lowest BCUT2D eigenvalue weighted by molar-refractivity contribution is 0.00870. The number of benzene rings is 1. The molecule has 1 N–H and O–H groups in total. The molecular formula is C19H31NO. The highest BCUT2D eigenvalue weighted by Crippen LogP contribution is 2.22. The van der Waals surface area contributed by atoms with Crippen molar-refractivity contribution in [2.24, 2.45) is 0 Å². The fourth-order valence-electron chi connectivity index (χ4n) is 3.55. The van der Waals surface area contributed by atoms with Gasteiger partial charge in [0.15, 0.2) is 0 Å². The van der Waals surface area contributed by atoms with Gasteiger partial charge in [0.25, 0.3) is 0 Å². The Morgan fingerprint density at radius 1 is 1.19 bits per heavy atom. The summed E-state index contributed by atoms with van der Waals surface area (Å²) < 4.78 is 5.86. The maximum absolute atomic E-state index is 5.86. The van der Waals surface area contributed by atoms with Gasteiger partial charge in [-0.25, -0.2) is 0 Å². The number of nitrogens with one attached hydrogen (secondary N) is 1. The molecule has 21 heavy (non-hydrogen) atoms. The van der Waals surface area contributed by atoms with Crippen molar-refractivity contribution in [2.45, 2.75) is 71.4 Å². The molecule has 1 saturated heterocycles. The molecule has 1 aromatic rings. The van der Waals surface area contributed by atoms with E-state index < -0.39 is 0 Å². The Bertz CT molecular complexity index is 426. The third-order valence-corrected chi connectivity index (χ3v) is 4.81. The van der Waals surface area contributed by atoms with Crippen LogP contribution < -0.4 is 5.32 Å². The minimum Gasteiger partial charge on any atom is -0.378 e. The lowest BCUT2D eigenvalue weighted by atomic mass is 9.92. The van der Waals surface area contributed by atoms with Crippen LogP contribution in [0.2, 0.25) is 0 Å². The number of aryl methyl sites for hydroxylation is 3. The van der Waals surface area contributed by atoms with Gasteiger partial charge in [-0.15, -0.1) is 0 Å². The molecule has 0 radical (unpaired) electrons. The molecular weight excluding hydrogens is 258 g/mol. The summed E-state index contributed by atoms with van der Waals surface area (Å²) in [5, 5.41) is 3.50. The summed E-state index contributed by atoms with van der Waals surface area (Å²) in [6, 6.07) is 5.16. The molecule has 1 fully saturated rings. The van der Waals surface area contributed by atoms with Crippen molar-refractivity contribution in [3.05, 3.63) is 34.4 Å². The fourth-order valence-corrected chi connectivity index (χ4v) is 3.55. The largest absolute Gasteiger partial charge is 0.378 e. The highest BCUT2D eigenvalue weighted by atomic mass is 16.5. The van der Waals surface area contributed by atoms with E-state index in [1.54, 1.807) is 0 Å². The van der Waals surface area contributed by atoms with Crippen molar-refractivity contribution in [1.82, 2.24) is 5.32 Å². The van der Waals surface area contributed by atoms with Crippen molar-refractivity contribution in [2.75, 3.05) is 13.7 Å². The molecule has 2 rings (SSSR count). The molecule has 2 unspecified atom stereocenters. The second-order valence-electron chi connectivity index (χ2n) is 6.63. The van der Waals surface area contributed by atoms with Crippen LogP contribution in [0.25, 0.3) is 0 Å². The number of rotatable bonds is 6. The Morgan fingerprint density at radius 2 is 1.90 bits per heavy atom. The smallest absolute Gasteiger partial charge is 0.0575 e. The first kappa shape index (κ1) is 16.5. The second kappa shape index (κ2) is 7.95. The third-order valence-electron chi connectivity index (χ3n) is 4.81. The van der Waals surface area contributed by atoms with Crippen LogP contribution in [0.15, 0.2) is 12.1 Å². The van der Waals surface area contributed by atoms with Gasteiger partial charge in [0.1, 0.15) is 0 Å². The molecule has 1 aliphatic rings. The van der Waals surface area contributed by atoms with E-state index in [9.17, 15) is 0 Å². The summed E-state index contributed by atoms with van der Waals surface area (Å²) in [5.74, 6) is 0. The van der Waals surface area contributed by atoms with Gasteiger partial charge >= 0.3 is 0 Å². The van der Waals surface area contributed by atoms with Crippen molar-refractivity contribution in [1.29, 1.82) is 0 Å². The van der Waals surface area contributed by atoms with Crippen LogP contribution in [-0.2, 0) is 11.2 Å². The lowest BCUT2D eigenvalue weighted by Crippen LogP contribution is -2.30. The normalized spacial score (nSPS) is 20.5. The van der Waals surface area contributed by atoms with E-state index in [1.807, 2.05) is 0 Å². The Hall–Kier alpha value is -0.860. The van der Waals surface area contributed by atoms with Crippen LogP contribution in [0.5, 0.6) is 0 Å². The molecule has 0 aromatic heterocycles. The molecule has 2 nitrogen and oxygen atoms in total. The molecule has 0 amide bonds. The number of hydrogen-bond donors (Lipinski definition) is 1. The SMILES string of the molecule is CNC(CCC1CCCCO1)Cc1c(C)cc(C)cc1C. The van der Waals surface area contributed by atoms with E-state index in [1.165, 1.54) is 54.4 Å². The van der Waals surface area contributed by atoms with Crippen molar-refractivity contribution in [3.63, 3.8) is 0 Å². The number of likely N-dealkylation sites (N-methyl/N-ethyl adjacent to an activating group) is 1. The first-order chi connectivity index (χ1) is 10.1. The van der Waals surface area contributed by atoms with Crippen LogP contribution in [-0.4, -0.2) is 25.8 Å². The minimum atomic E-state index is 0.495. The van der Waals surface area contributed by atoms with Crippen LogP contribution in [0.1, 0.15) is 54.4 Å². The van der Waals surface area contributed by atoms with Gasteiger partial charge in [-0.05, 0) is 83.0 Å². The zero-order valence-corrected chi connectivity index (χ0v) is 14.2. The van der Waals surface area contributed by atoms with Gasteiger partial charge < -0.3 is 10.1 Å². The Kier molecular flexibility index (Phi) is 6.25. The first-order valence-electron chi connectivity index (χ1n) is 8.45. The van der Waals surface area contributed by atoms with Crippen molar-refractivity contribution >= 4 is 0 Å². The fraction of sp³-hybridized carbons (Fsp3) is 0.684. The standard InChI is InChI=1S/C19H31NO/c1-14-11-15(2)19(16(3)12-14)13-17(20-4)8-9-18-7-5-6-10-21-18/h11-12,17-18,20H,5-10,13H2,1-4H3. The van der Waals surface area contributed by atoms with Gasteiger partial charge in [-0.3, -0.25) is 0 Å². The highest BCUT2D eigenvalue weighted by molar-refractivity contribution is 5.38. The molecule has 0 saturated carbocycles. The monoisotopic (exact) mass is 289 g/mol. The molecule has 0 spiro atoms. The summed E-state index contributed by atoms with van der Waals surface area (Å²) >= 11 is 0. The quantitative estimate of drug-likeness (QED) is 0.851. The Balaban J connectivity index is 1.92. The van der Waals surface area contributed by atoms with Gasteiger partial charge in [-0.2, -0.15) is 0 Å². The summed E-state index contributed by atoms with van der Waals surface area (Å²) in [4.78, 5) is 0. The summed E-state index contributed by atoms with van der Waals surface area (Å²) in [6.45, 7) is 7.63. The van der Waals surface area contributed by atoms with E-state index in [-0.39, 0.29) is 0 Å². The molecule has 1 heterocycles. The van der Waals surface area contributed by atoms with Gasteiger partial charge in [0, 0.05) is 12.6 Å². The highest BCUT2D eigenvalue weighted by Gasteiger charge is 2.17. The van der Waals surface area contributed by atoms with Crippen LogP contribution in [0, 0.1) is 20.8 Å². The van der Waals surface area contributed by atoms with Crippen LogP contribution in [0.4, 0.5) is 0 Å². The number of hydrogen-bond acceptors (Lipinski definition) is 2. The molecule has 2 heteroatoms. The molecule has 2 atom stereocenters. The molecule has 0 aliphatic carbocycles. The van der Waals surface area contributed by atoms with Crippen LogP contribution in [0.3, 0.4) is 0 Å². The minimum absolute atomic E-state index is 0.495. The van der Waals surface area contributed by atoms with E-state index >= 15 is 0 Å². The van der Waals surface area contributed by atoms with Crippen LogP contribution >= 0.6 is 0 Å². The van der Waals surface area contributed by atoms with Crippen molar-refractivity contribution in [3.8, 4) is 0 Å². The first-order valence-corrected chi connectivity index (χ1v) is 8.45. The number of ether oxygens (including phenoxy) is 1. The molecule has 1 aliphatic heterocycles. The average molecular weight is 289 g/mol. The van der Waals surface area contributed by atoms with Gasteiger partial charge in [-0.1, -0.05) is 17.7 Å². The van der Waals surface area contributed by atoms with E-state index in [4.69, 9.17) is 4.74 Å².